The molecular formula is C20H22ClFN2O. The molecule has 4 rings (SSSR count). The number of halogens is 2. The molecule has 1 amide bonds. The van der Waals surface area contributed by atoms with Crippen LogP contribution in [0.3, 0.4) is 0 Å². The Labute approximate surface area is 153 Å². The summed E-state index contributed by atoms with van der Waals surface area (Å²) in [6.45, 7) is 1.46. The van der Waals surface area contributed by atoms with Gasteiger partial charge in [-0.3, -0.25) is 4.79 Å². The zero-order valence-corrected chi connectivity index (χ0v) is 14.8. The molecule has 2 N–H and O–H groups in total. The predicted molar refractivity (Wildman–Crippen MR) is 99.7 cm³/mol. The third-order valence-electron chi connectivity index (χ3n) is 5.42. The first-order valence-corrected chi connectivity index (χ1v) is 8.59. The van der Waals surface area contributed by atoms with Crippen LogP contribution in [0.1, 0.15) is 36.0 Å². The Balaban J connectivity index is 0.00000182. The van der Waals surface area contributed by atoms with Crippen molar-refractivity contribution in [1.29, 1.82) is 0 Å². The van der Waals surface area contributed by atoms with Gasteiger partial charge in [0.25, 0.3) is 0 Å². The van der Waals surface area contributed by atoms with Gasteiger partial charge in [0.05, 0.1) is 11.1 Å². The summed E-state index contributed by atoms with van der Waals surface area (Å²) in [6.07, 6.45) is 3.33. The summed E-state index contributed by atoms with van der Waals surface area (Å²) in [7, 11) is 0. The molecule has 0 bridgehead atoms. The van der Waals surface area contributed by atoms with Crippen molar-refractivity contribution in [2.45, 2.75) is 37.6 Å². The summed E-state index contributed by atoms with van der Waals surface area (Å²) >= 11 is 0. The number of nitrogens with one attached hydrogen (secondary N) is 2. The number of hydrogen-bond acceptors (Lipinski definition) is 2. The molecule has 1 heterocycles. The quantitative estimate of drug-likeness (QED) is 0.870. The molecular weight excluding hydrogens is 339 g/mol. The molecule has 3 nitrogen and oxygen atoms in total. The van der Waals surface area contributed by atoms with Crippen molar-refractivity contribution in [2.75, 3.05) is 11.9 Å². The lowest BCUT2D eigenvalue weighted by molar-refractivity contribution is -0.124. The van der Waals surface area contributed by atoms with Crippen LogP contribution in [0.4, 0.5) is 10.1 Å². The fraction of sp³-hybridized carbons (Fsp3) is 0.350. The highest BCUT2D eigenvalue weighted by molar-refractivity contribution is 6.00. The fourth-order valence-corrected chi connectivity index (χ4v) is 3.81. The van der Waals surface area contributed by atoms with Crippen LogP contribution in [0.15, 0.2) is 42.5 Å². The lowest BCUT2D eigenvalue weighted by Crippen LogP contribution is -2.46. The van der Waals surface area contributed by atoms with Gasteiger partial charge in [-0.15, -0.1) is 12.4 Å². The normalized spacial score (nSPS) is 17.6. The van der Waals surface area contributed by atoms with Crippen molar-refractivity contribution in [3.63, 3.8) is 0 Å². The van der Waals surface area contributed by atoms with E-state index in [1.165, 1.54) is 0 Å². The Morgan fingerprint density at radius 3 is 2.56 bits per heavy atom. The minimum absolute atomic E-state index is 0. The van der Waals surface area contributed by atoms with E-state index in [4.69, 9.17) is 0 Å². The molecule has 1 aliphatic carbocycles. The number of carbonyl (C=O) groups excluding carboxylic acids is 1. The lowest BCUT2D eigenvalue weighted by Gasteiger charge is -2.40. The molecule has 132 valence electrons. The van der Waals surface area contributed by atoms with E-state index in [0.29, 0.717) is 18.7 Å². The van der Waals surface area contributed by atoms with Crippen molar-refractivity contribution >= 4 is 24.0 Å². The largest absolute Gasteiger partial charge is 0.323 e. The van der Waals surface area contributed by atoms with E-state index in [0.717, 1.165) is 42.5 Å². The molecule has 2 aliphatic rings. The molecule has 5 heteroatoms. The minimum Gasteiger partial charge on any atom is -0.323 e. The average molecular weight is 361 g/mol. The van der Waals surface area contributed by atoms with E-state index in [1.807, 2.05) is 36.4 Å². The Morgan fingerprint density at radius 2 is 1.88 bits per heavy atom. The maximum absolute atomic E-state index is 14.8. The van der Waals surface area contributed by atoms with Gasteiger partial charge in [0.2, 0.25) is 5.91 Å². The standard InChI is InChI=1S/C20H21FN2O.ClH/c21-18-16-9-12-22-13-14(16)7-8-17(18)23-19(24)20(10-4-11-20)15-5-2-1-3-6-15;/h1-3,5-8,22H,4,9-13H2,(H,23,24);1H. The van der Waals surface area contributed by atoms with Crippen LogP contribution in [0.5, 0.6) is 0 Å². The zero-order chi connectivity index (χ0) is 16.6. The van der Waals surface area contributed by atoms with Crippen LogP contribution in [-0.2, 0) is 23.2 Å². The Morgan fingerprint density at radius 1 is 1.12 bits per heavy atom. The highest BCUT2D eigenvalue weighted by Crippen LogP contribution is 2.44. The number of fused-ring (bicyclic) bond motifs is 1. The van der Waals surface area contributed by atoms with E-state index < -0.39 is 5.41 Å². The predicted octanol–water partition coefficient (Wildman–Crippen LogP) is 3.95. The monoisotopic (exact) mass is 360 g/mol. The van der Waals surface area contributed by atoms with Crippen LogP contribution in [0.25, 0.3) is 0 Å². The van der Waals surface area contributed by atoms with E-state index >= 15 is 0 Å². The van der Waals surface area contributed by atoms with Crippen molar-refractivity contribution in [3.8, 4) is 0 Å². The highest BCUT2D eigenvalue weighted by Gasteiger charge is 2.45. The van der Waals surface area contributed by atoms with Gasteiger partial charge in [0.15, 0.2) is 0 Å². The molecule has 1 aliphatic heterocycles. The second-order valence-electron chi connectivity index (χ2n) is 6.75. The molecule has 2 aromatic carbocycles. The summed E-state index contributed by atoms with van der Waals surface area (Å²) in [6, 6.07) is 13.4. The van der Waals surface area contributed by atoms with E-state index in [2.05, 4.69) is 10.6 Å². The molecule has 0 atom stereocenters. The van der Waals surface area contributed by atoms with E-state index in [-0.39, 0.29) is 24.1 Å². The molecule has 0 unspecified atom stereocenters. The smallest absolute Gasteiger partial charge is 0.235 e. The summed E-state index contributed by atoms with van der Waals surface area (Å²) < 4.78 is 14.8. The molecule has 1 fully saturated rings. The van der Waals surface area contributed by atoms with Gasteiger partial charge >= 0.3 is 0 Å². The minimum atomic E-state index is -0.509. The zero-order valence-electron chi connectivity index (χ0n) is 14.0. The van der Waals surface area contributed by atoms with Crippen molar-refractivity contribution in [1.82, 2.24) is 5.32 Å². The number of amides is 1. The second-order valence-corrected chi connectivity index (χ2v) is 6.75. The Bertz CT molecular complexity index is 775. The third kappa shape index (κ3) is 3.05. The van der Waals surface area contributed by atoms with Gasteiger partial charge in [0, 0.05) is 6.54 Å². The van der Waals surface area contributed by atoms with Crippen LogP contribution < -0.4 is 10.6 Å². The molecule has 1 saturated carbocycles. The SMILES string of the molecule is Cl.O=C(Nc1ccc2c(c1F)CCNC2)C1(c2ccccc2)CCC1. The van der Waals surface area contributed by atoms with Crippen molar-refractivity contribution in [3.05, 3.63) is 65.0 Å². The number of anilines is 1. The first-order valence-electron chi connectivity index (χ1n) is 8.59. The van der Waals surface area contributed by atoms with Crippen molar-refractivity contribution < 1.29 is 9.18 Å². The summed E-state index contributed by atoms with van der Waals surface area (Å²) in [5, 5.41) is 6.11. The second kappa shape index (κ2) is 7.14. The van der Waals surface area contributed by atoms with E-state index in [9.17, 15) is 9.18 Å². The topological polar surface area (TPSA) is 41.1 Å². The summed E-state index contributed by atoms with van der Waals surface area (Å²) in [4.78, 5) is 12.9. The number of rotatable bonds is 3. The van der Waals surface area contributed by atoms with Gasteiger partial charge in [-0.1, -0.05) is 42.8 Å². The molecule has 25 heavy (non-hydrogen) atoms. The Hall–Kier alpha value is -1.91. The number of carbonyl (C=O) groups is 1. The number of hydrogen-bond donors (Lipinski definition) is 2. The van der Waals surface area contributed by atoms with E-state index in [1.54, 1.807) is 6.07 Å². The first-order chi connectivity index (χ1) is 11.7. The molecule has 2 aromatic rings. The number of benzene rings is 2. The molecule has 0 aromatic heterocycles. The summed E-state index contributed by atoms with van der Waals surface area (Å²) in [5.41, 5.74) is 2.54. The van der Waals surface area contributed by atoms with Crippen LogP contribution in [0, 0.1) is 5.82 Å². The van der Waals surface area contributed by atoms with Gasteiger partial charge in [-0.2, -0.15) is 0 Å². The van der Waals surface area contributed by atoms with Crippen LogP contribution >= 0.6 is 12.4 Å². The average Bonchev–Trinajstić information content (AvgIpc) is 2.58. The fourth-order valence-electron chi connectivity index (χ4n) is 3.81. The molecule has 0 saturated heterocycles. The van der Waals surface area contributed by atoms with Crippen LogP contribution in [-0.4, -0.2) is 12.5 Å². The molecule has 0 radical (unpaired) electrons. The van der Waals surface area contributed by atoms with Crippen LogP contribution in [0.2, 0.25) is 0 Å². The van der Waals surface area contributed by atoms with Gasteiger partial charge in [0.1, 0.15) is 5.82 Å². The maximum atomic E-state index is 14.8. The third-order valence-corrected chi connectivity index (χ3v) is 5.42. The molecule has 0 spiro atoms. The van der Waals surface area contributed by atoms with Crippen molar-refractivity contribution in [2.24, 2.45) is 0 Å². The lowest BCUT2D eigenvalue weighted by atomic mass is 9.64. The highest BCUT2D eigenvalue weighted by atomic mass is 35.5. The van der Waals surface area contributed by atoms with Gasteiger partial charge in [-0.25, -0.2) is 4.39 Å². The van der Waals surface area contributed by atoms with Gasteiger partial charge < -0.3 is 10.6 Å². The summed E-state index contributed by atoms with van der Waals surface area (Å²) in [5.74, 6) is -0.363. The Kier molecular flexibility index (Phi) is 5.11. The maximum Gasteiger partial charge on any atom is 0.235 e. The first kappa shape index (κ1) is 17.9. The van der Waals surface area contributed by atoms with Gasteiger partial charge in [-0.05, 0) is 48.6 Å².